The predicted octanol–water partition coefficient (Wildman–Crippen LogP) is 7.76. The normalized spacial score (nSPS) is 15.0. The van der Waals surface area contributed by atoms with Crippen LogP contribution in [-0.2, 0) is 28.4 Å². The van der Waals surface area contributed by atoms with Gasteiger partial charge in [-0.05, 0) is 71.0 Å². The van der Waals surface area contributed by atoms with E-state index in [0.717, 1.165) is 23.1 Å². The second-order valence-electron chi connectivity index (χ2n) is 9.12. The molecule has 15 heteroatoms. The van der Waals surface area contributed by atoms with Crippen LogP contribution in [0.4, 0.5) is 26.3 Å². The Labute approximate surface area is 254 Å². The molecule has 1 N–H and O–H groups in total. The Morgan fingerprint density at radius 3 is 2.28 bits per heavy atom. The highest BCUT2D eigenvalue weighted by Crippen LogP contribution is 2.40. The number of thiocarbonyl (C=S) groups is 1. The van der Waals surface area contributed by atoms with E-state index in [0.29, 0.717) is 40.5 Å². The van der Waals surface area contributed by atoms with Gasteiger partial charge in [-0.1, -0.05) is 30.0 Å². The number of rotatable bonds is 10. The van der Waals surface area contributed by atoms with Crippen LogP contribution < -0.4 is 9.47 Å². The van der Waals surface area contributed by atoms with Crippen molar-refractivity contribution in [3.8, 4) is 22.6 Å². The molecule has 1 saturated heterocycles. The maximum atomic E-state index is 13.3. The number of halogens is 6. The van der Waals surface area contributed by atoms with Gasteiger partial charge in [-0.15, -0.1) is 11.3 Å². The highest BCUT2D eigenvalue weighted by Gasteiger charge is 2.37. The van der Waals surface area contributed by atoms with Gasteiger partial charge < -0.3 is 14.6 Å². The van der Waals surface area contributed by atoms with E-state index in [4.69, 9.17) is 26.8 Å². The molecule has 6 nitrogen and oxygen atoms in total. The summed E-state index contributed by atoms with van der Waals surface area (Å²) in [5, 5.41) is 10.4. The summed E-state index contributed by atoms with van der Waals surface area (Å²) in [6.07, 6.45) is -8.27. The van der Waals surface area contributed by atoms with Gasteiger partial charge in [0.05, 0.1) is 36.2 Å². The summed E-state index contributed by atoms with van der Waals surface area (Å²) < 4.78 is 90.9. The van der Waals surface area contributed by atoms with Crippen LogP contribution in [0.15, 0.2) is 52.7 Å². The lowest BCUT2D eigenvalue weighted by molar-refractivity contribution is -0.143. The number of thioether (sulfide) groups is 1. The molecule has 228 valence electrons. The average molecular weight is 662 g/mol. The van der Waals surface area contributed by atoms with Crippen LogP contribution in [0.25, 0.3) is 17.2 Å². The Balaban J connectivity index is 1.43. The van der Waals surface area contributed by atoms with Crippen LogP contribution >= 0.6 is 35.3 Å². The molecule has 0 saturated carbocycles. The fourth-order valence-electron chi connectivity index (χ4n) is 4.05. The maximum absolute atomic E-state index is 13.3. The number of thiophene rings is 1. The monoisotopic (exact) mass is 661 g/mol. The number of carboxylic acid groups (broad SMARTS) is 1. The molecule has 1 amide bonds. The summed E-state index contributed by atoms with van der Waals surface area (Å²) in [6, 6.07) is 7.56. The lowest BCUT2D eigenvalue weighted by Crippen LogP contribution is -2.29. The average Bonchev–Trinajstić information content (AvgIpc) is 3.49. The van der Waals surface area contributed by atoms with Gasteiger partial charge in [-0.25, -0.2) is 0 Å². The maximum Gasteiger partial charge on any atom is 0.416 e. The van der Waals surface area contributed by atoms with Crippen molar-refractivity contribution in [1.82, 2.24) is 4.90 Å². The van der Waals surface area contributed by atoms with Crippen molar-refractivity contribution >= 4 is 57.6 Å². The van der Waals surface area contributed by atoms with Gasteiger partial charge in [0, 0.05) is 11.4 Å². The van der Waals surface area contributed by atoms with Gasteiger partial charge in [0.25, 0.3) is 5.91 Å². The zero-order valence-electron chi connectivity index (χ0n) is 22.0. The summed E-state index contributed by atoms with van der Waals surface area (Å²) in [6.45, 7) is 0.369. The molecule has 0 bridgehead atoms. The second kappa shape index (κ2) is 13.0. The molecule has 43 heavy (non-hydrogen) atoms. The number of benzene rings is 2. The molecule has 0 spiro atoms. The number of carbonyl (C=O) groups is 2. The smallest absolute Gasteiger partial charge is 0.416 e. The third-order valence-corrected chi connectivity index (χ3v) is 8.31. The number of alkyl halides is 6. The van der Waals surface area contributed by atoms with Crippen LogP contribution in [0.1, 0.15) is 28.0 Å². The second-order valence-corrected chi connectivity index (χ2v) is 11.7. The van der Waals surface area contributed by atoms with Crippen LogP contribution in [0.3, 0.4) is 0 Å². The zero-order valence-corrected chi connectivity index (χ0v) is 24.5. The van der Waals surface area contributed by atoms with Crippen molar-refractivity contribution in [2.75, 3.05) is 20.3 Å². The number of carbonyl (C=O) groups excluding carboxylic acids is 1. The minimum absolute atomic E-state index is 0.0697. The number of aliphatic carboxylic acids is 1. The van der Waals surface area contributed by atoms with Crippen molar-refractivity contribution < 1.29 is 50.5 Å². The highest BCUT2D eigenvalue weighted by molar-refractivity contribution is 8.26. The van der Waals surface area contributed by atoms with Crippen molar-refractivity contribution in [2.45, 2.75) is 25.2 Å². The molecule has 0 aliphatic carbocycles. The molecule has 2 aromatic carbocycles. The summed E-state index contributed by atoms with van der Waals surface area (Å²) in [5.41, 5.74) is -2.42. The molecular formula is C28H21F6NO5S3. The number of hydrogen-bond acceptors (Lipinski definition) is 7. The van der Waals surface area contributed by atoms with E-state index in [1.807, 2.05) is 0 Å². The first kappa shape index (κ1) is 32.4. The van der Waals surface area contributed by atoms with Crippen LogP contribution in [0.5, 0.6) is 11.5 Å². The minimum atomic E-state index is -4.97. The lowest BCUT2D eigenvalue weighted by Gasteiger charge is -2.16. The Morgan fingerprint density at radius 2 is 1.67 bits per heavy atom. The first-order valence-electron chi connectivity index (χ1n) is 12.3. The number of carboxylic acids is 1. The molecule has 1 fully saturated rings. The number of nitrogens with zero attached hydrogens (tertiary/aromatic N) is 1. The molecule has 1 aliphatic heterocycles. The molecule has 3 aromatic rings. The van der Waals surface area contributed by atoms with Crippen LogP contribution in [0, 0.1) is 0 Å². The van der Waals surface area contributed by atoms with Crippen molar-refractivity contribution in [1.29, 1.82) is 0 Å². The molecule has 2 heterocycles. The molecule has 0 unspecified atom stereocenters. The summed E-state index contributed by atoms with van der Waals surface area (Å²) in [4.78, 5) is 26.1. The van der Waals surface area contributed by atoms with Crippen molar-refractivity contribution in [3.05, 3.63) is 74.3 Å². The fraction of sp³-hybridized carbons (Fsp3) is 0.250. The quantitative estimate of drug-likeness (QED) is 0.103. The molecule has 1 aliphatic rings. The van der Waals surface area contributed by atoms with Gasteiger partial charge >= 0.3 is 18.3 Å². The van der Waals surface area contributed by atoms with Gasteiger partial charge in [-0.3, -0.25) is 14.5 Å². The fourth-order valence-corrected chi connectivity index (χ4v) is 6.27. The first-order valence-corrected chi connectivity index (χ1v) is 14.4. The van der Waals surface area contributed by atoms with E-state index in [-0.39, 0.29) is 46.0 Å². The van der Waals surface area contributed by atoms with Crippen LogP contribution in [0.2, 0.25) is 0 Å². The van der Waals surface area contributed by atoms with E-state index < -0.39 is 35.4 Å². The van der Waals surface area contributed by atoms with E-state index in [2.05, 4.69) is 0 Å². The number of methoxy groups -OCH3 is 1. The minimum Gasteiger partial charge on any atom is -0.493 e. The van der Waals surface area contributed by atoms with Crippen molar-refractivity contribution in [2.24, 2.45) is 0 Å². The van der Waals surface area contributed by atoms with Crippen LogP contribution in [-0.4, -0.2) is 46.5 Å². The Kier molecular flexibility index (Phi) is 9.76. The van der Waals surface area contributed by atoms with Gasteiger partial charge in [0.1, 0.15) is 4.32 Å². The molecule has 0 atom stereocenters. The number of ether oxygens (including phenoxy) is 2. The topological polar surface area (TPSA) is 76.1 Å². The highest BCUT2D eigenvalue weighted by atomic mass is 32.2. The lowest BCUT2D eigenvalue weighted by atomic mass is 10.0. The van der Waals surface area contributed by atoms with E-state index in [1.54, 1.807) is 18.2 Å². The Morgan fingerprint density at radius 1 is 1.00 bits per heavy atom. The zero-order chi connectivity index (χ0) is 31.5. The third-order valence-electron chi connectivity index (χ3n) is 6.05. The van der Waals surface area contributed by atoms with Gasteiger partial charge in [-0.2, -0.15) is 26.3 Å². The van der Waals surface area contributed by atoms with E-state index in [9.17, 15) is 35.9 Å². The Hall–Kier alpha value is -3.56. The molecule has 4 rings (SSSR count). The van der Waals surface area contributed by atoms with Gasteiger partial charge in [0.15, 0.2) is 11.5 Å². The molecule has 1 aromatic heterocycles. The Bertz CT molecular complexity index is 1550. The number of hydrogen-bond donors (Lipinski definition) is 1. The van der Waals surface area contributed by atoms with Crippen molar-refractivity contribution in [3.63, 3.8) is 0 Å². The summed E-state index contributed by atoms with van der Waals surface area (Å²) in [7, 11) is 1.45. The summed E-state index contributed by atoms with van der Waals surface area (Å²) >= 11 is 7.41. The summed E-state index contributed by atoms with van der Waals surface area (Å²) in [5.74, 6) is -0.631. The SMILES string of the molecule is COc1ccc(CC(=O)O)cc1OCCCN1C(=O)/C(=C/c2cc(-c3cc(C(F)(F)F)cc(C(F)(F)F)c3)cs2)SC1=S. The number of amides is 1. The predicted molar refractivity (Wildman–Crippen MR) is 154 cm³/mol. The molecular weight excluding hydrogens is 640 g/mol. The molecule has 0 radical (unpaired) electrons. The first-order chi connectivity index (χ1) is 20.2. The largest absolute Gasteiger partial charge is 0.493 e. The standard InChI is InChI=1S/C28H21F6NO5S3/c1-39-21-4-3-15(8-24(36)37)7-22(21)40-6-2-5-35-25(38)23(43-26(35)41)13-20-11-17(14-42-20)16-9-18(27(29,30)31)12-19(10-16)28(32,33)34/h3-4,7,9-14H,2,5-6,8H2,1H3,(H,36,37)/b23-13-. The van der Waals surface area contributed by atoms with E-state index in [1.165, 1.54) is 29.5 Å². The third kappa shape index (κ3) is 8.09. The van der Waals surface area contributed by atoms with Gasteiger partial charge in [0.2, 0.25) is 0 Å². The van der Waals surface area contributed by atoms with E-state index >= 15 is 0 Å².